The zero-order valence-electron chi connectivity index (χ0n) is 3.73. The molecule has 1 aliphatic heterocycles. The molecule has 0 nitrogen and oxygen atoms in total. The Morgan fingerprint density at radius 2 is 2.71 bits per heavy atom. The Morgan fingerprint density at radius 3 is 3.00 bits per heavy atom. The molecule has 0 atom stereocenters. The molecule has 1 aliphatic rings. The normalized spacial score (nSPS) is 24.4. The molecule has 0 aromatic carbocycles. The second kappa shape index (κ2) is 2.58. The van der Waals surface area contributed by atoms with Crippen LogP contribution in [0.1, 0.15) is 6.42 Å². The van der Waals surface area contributed by atoms with Crippen LogP contribution in [-0.4, -0.2) is 0 Å². The van der Waals surface area contributed by atoms with E-state index < -0.39 is 0 Å². The van der Waals surface area contributed by atoms with Gasteiger partial charge in [0.25, 0.3) is 0 Å². The molecular formula is C5H5BrS. The first-order valence-corrected chi connectivity index (χ1v) is 3.84. The predicted molar refractivity (Wildman–Crippen MR) is 38.4 cm³/mol. The van der Waals surface area contributed by atoms with Crippen molar-refractivity contribution in [3.8, 4) is 0 Å². The van der Waals surface area contributed by atoms with Crippen molar-refractivity contribution < 1.29 is 0 Å². The number of hydrogen-bond acceptors (Lipinski definition) is 1. The molecule has 1 heterocycles. The standard InChI is InChI=1S/C5H5BrS/c6-4-5-2-1-3-7-5/h1,3-4H,2H2. The van der Waals surface area contributed by atoms with Gasteiger partial charge in [-0.3, -0.25) is 0 Å². The van der Waals surface area contributed by atoms with E-state index >= 15 is 0 Å². The Kier molecular flexibility index (Phi) is 2.00. The van der Waals surface area contributed by atoms with Crippen molar-refractivity contribution in [1.29, 1.82) is 0 Å². The van der Waals surface area contributed by atoms with Crippen LogP contribution in [0, 0.1) is 0 Å². The molecule has 0 spiro atoms. The number of hydrogen-bond donors (Lipinski definition) is 0. The maximum atomic E-state index is 3.25. The van der Waals surface area contributed by atoms with E-state index in [1.807, 2.05) is 4.99 Å². The van der Waals surface area contributed by atoms with Crippen molar-refractivity contribution in [1.82, 2.24) is 0 Å². The minimum Gasteiger partial charge on any atom is -0.102 e. The van der Waals surface area contributed by atoms with Gasteiger partial charge >= 0.3 is 0 Å². The number of thioether (sulfide) groups is 1. The van der Waals surface area contributed by atoms with Gasteiger partial charge in [0.1, 0.15) is 0 Å². The molecule has 0 aromatic rings. The summed E-state index contributed by atoms with van der Waals surface area (Å²) in [5.74, 6) is 0. The minimum absolute atomic E-state index is 1.11. The lowest BCUT2D eigenvalue weighted by Crippen LogP contribution is -1.57. The SMILES string of the molecule is BrC=C1CC=CS1. The van der Waals surface area contributed by atoms with Crippen molar-refractivity contribution >= 4 is 27.7 Å². The van der Waals surface area contributed by atoms with Gasteiger partial charge in [0.05, 0.1) is 0 Å². The maximum absolute atomic E-state index is 3.25. The second-order valence-electron chi connectivity index (χ2n) is 1.27. The van der Waals surface area contributed by atoms with E-state index in [-0.39, 0.29) is 0 Å². The lowest BCUT2D eigenvalue weighted by atomic mass is 10.4. The largest absolute Gasteiger partial charge is 0.102 e. The van der Waals surface area contributed by atoms with E-state index in [0.717, 1.165) is 6.42 Å². The minimum atomic E-state index is 1.11. The number of halogens is 1. The zero-order chi connectivity index (χ0) is 5.11. The number of allylic oxidation sites excluding steroid dienone is 2. The van der Waals surface area contributed by atoms with Gasteiger partial charge in [0, 0.05) is 0 Å². The first-order chi connectivity index (χ1) is 3.43. The molecule has 0 bridgehead atoms. The van der Waals surface area contributed by atoms with E-state index in [0.29, 0.717) is 0 Å². The lowest BCUT2D eigenvalue weighted by Gasteiger charge is -1.84. The van der Waals surface area contributed by atoms with Crippen molar-refractivity contribution in [2.45, 2.75) is 6.42 Å². The van der Waals surface area contributed by atoms with Crippen LogP contribution < -0.4 is 0 Å². The van der Waals surface area contributed by atoms with Gasteiger partial charge in [0.2, 0.25) is 0 Å². The molecular weight excluding hydrogens is 172 g/mol. The Labute approximate surface area is 55.8 Å². The van der Waals surface area contributed by atoms with E-state index in [4.69, 9.17) is 0 Å². The fraction of sp³-hybridized carbons (Fsp3) is 0.200. The highest BCUT2D eigenvalue weighted by Gasteiger charge is 1.96. The van der Waals surface area contributed by atoms with E-state index in [2.05, 4.69) is 27.4 Å². The molecule has 0 aromatic heterocycles. The third kappa shape index (κ3) is 1.35. The van der Waals surface area contributed by atoms with E-state index in [9.17, 15) is 0 Å². The highest BCUT2D eigenvalue weighted by atomic mass is 79.9. The zero-order valence-corrected chi connectivity index (χ0v) is 6.13. The van der Waals surface area contributed by atoms with Gasteiger partial charge in [-0.05, 0) is 21.7 Å². The Morgan fingerprint density at radius 1 is 1.86 bits per heavy atom. The average molecular weight is 177 g/mol. The summed E-state index contributed by atoms with van der Waals surface area (Å²) in [6.45, 7) is 0. The third-order valence-electron chi connectivity index (χ3n) is 0.756. The van der Waals surface area contributed by atoms with Crippen molar-refractivity contribution in [2.75, 3.05) is 0 Å². The summed E-state index contributed by atoms with van der Waals surface area (Å²) in [4.78, 5) is 3.36. The molecule has 0 N–H and O–H groups in total. The van der Waals surface area contributed by atoms with Gasteiger partial charge < -0.3 is 0 Å². The molecule has 0 unspecified atom stereocenters. The van der Waals surface area contributed by atoms with Crippen LogP contribution >= 0.6 is 27.7 Å². The van der Waals surface area contributed by atoms with Crippen LogP contribution in [0.4, 0.5) is 0 Å². The van der Waals surface area contributed by atoms with Crippen molar-refractivity contribution in [3.05, 3.63) is 21.4 Å². The molecule has 2 heteroatoms. The molecule has 0 aliphatic carbocycles. The molecule has 7 heavy (non-hydrogen) atoms. The summed E-state index contributed by atoms with van der Waals surface area (Å²) in [7, 11) is 0. The molecule has 0 radical (unpaired) electrons. The smallest absolute Gasteiger partial charge is 0.000142 e. The fourth-order valence-corrected chi connectivity index (χ4v) is 1.54. The molecule has 0 saturated carbocycles. The van der Waals surface area contributed by atoms with Crippen LogP contribution in [0.15, 0.2) is 21.4 Å². The quantitative estimate of drug-likeness (QED) is 0.548. The van der Waals surface area contributed by atoms with Gasteiger partial charge in [-0.25, -0.2) is 0 Å². The first-order valence-electron chi connectivity index (χ1n) is 2.04. The van der Waals surface area contributed by atoms with Crippen molar-refractivity contribution in [3.63, 3.8) is 0 Å². The van der Waals surface area contributed by atoms with Crippen LogP contribution in [0.5, 0.6) is 0 Å². The van der Waals surface area contributed by atoms with Gasteiger partial charge in [-0.15, -0.1) is 11.8 Å². The summed E-state index contributed by atoms with van der Waals surface area (Å²) in [6, 6.07) is 0. The van der Waals surface area contributed by atoms with Gasteiger partial charge in [-0.1, -0.05) is 22.0 Å². The monoisotopic (exact) mass is 176 g/mol. The summed E-state index contributed by atoms with van der Waals surface area (Å²) < 4.78 is 0. The summed E-state index contributed by atoms with van der Waals surface area (Å²) in [5.41, 5.74) is 0. The molecule has 1 rings (SSSR count). The van der Waals surface area contributed by atoms with Crippen LogP contribution in [0.25, 0.3) is 0 Å². The maximum Gasteiger partial charge on any atom is -0.000142 e. The second-order valence-corrected chi connectivity index (χ2v) is 2.76. The topological polar surface area (TPSA) is 0 Å². The van der Waals surface area contributed by atoms with E-state index in [1.54, 1.807) is 11.8 Å². The highest BCUT2D eigenvalue weighted by molar-refractivity contribution is 9.11. The highest BCUT2D eigenvalue weighted by Crippen LogP contribution is 2.28. The lowest BCUT2D eigenvalue weighted by molar-refractivity contribution is 1.41. The van der Waals surface area contributed by atoms with Gasteiger partial charge in [-0.2, -0.15) is 0 Å². The van der Waals surface area contributed by atoms with Crippen LogP contribution in [0.3, 0.4) is 0 Å². The average Bonchev–Trinajstić information content (AvgIpc) is 2.14. The number of rotatable bonds is 0. The van der Waals surface area contributed by atoms with E-state index in [1.165, 1.54) is 4.91 Å². The third-order valence-corrected chi connectivity index (χ3v) is 2.53. The first kappa shape index (κ1) is 5.45. The molecule has 0 amide bonds. The molecule has 0 fully saturated rings. The fourth-order valence-electron chi connectivity index (χ4n) is 0.418. The van der Waals surface area contributed by atoms with Crippen LogP contribution in [-0.2, 0) is 0 Å². The summed E-state index contributed by atoms with van der Waals surface area (Å²) in [5, 5.41) is 2.10. The summed E-state index contributed by atoms with van der Waals surface area (Å²) in [6.07, 6.45) is 3.26. The van der Waals surface area contributed by atoms with Crippen LogP contribution in [0.2, 0.25) is 0 Å². The summed E-state index contributed by atoms with van der Waals surface area (Å²) >= 11 is 5.03. The Hall–Kier alpha value is 0.310. The Balaban J connectivity index is 2.51. The Bertz CT molecular complexity index is 105. The predicted octanol–water partition coefficient (Wildman–Crippen LogP) is 2.87. The molecule has 0 saturated heterocycles. The van der Waals surface area contributed by atoms with Crippen molar-refractivity contribution in [2.24, 2.45) is 0 Å². The molecule has 38 valence electrons. The van der Waals surface area contributed by atoms with Gasteiger partial charge in [0.15, 0.2) is 0 Å².